The number of anilines is 3. The maximum atomic E-state index is 13.1. The van der Waals surface area contributed by atoms with Gasteiger partial charge in [0.05, 0.1) is 6.04 Å². The lowest BCUT2D eigenvalue weighted by molar-refractivity contribution is -0.126. The summed E-state index contributed by atoms with van der Waals surface area (Å²) < 4.78 is 13.1. The molecule has 0 unspecified atom stereocenters. The number of carbonyl (C=O) groups excluding carboxylic acids is 1. The average molecular weight is 492 g/mol. The Morgan fingerprint density at radius 2 is 1.61 bits per heavy atom. The number of hydrogen-bond donors (Lipinski definition) is 4. The number of hydrogen-bond acceptors (Lipinski definition) is 7. The molecule has 0 radical (unpaired) electrons. The van der Waals surface area contributed by atoms with E-state index < -0.39 is 0 Å². The number of nitrogens with zero attached hydrogens (tertiary/aromatic N) is 3. The highest BCUT2D eigenvalue weighted by Crippen LogP contribution is 2.27. The van der Waals surface area contributed by atoms with Gasteiger partial charge in [0.25, 0.3) is 0 Å². The third-order valence-electron chi connectivity index (χ3n) is 6.58. The molecule has 1 fully saturated rings. The SMILES string of the molecule is CC[C@@H](Nc1nc(NC)nc(N[C@H]2CC[C@H](C(=O)NCc3ccc(F)cc3)CC2)n1)c1ccccc1. The molecule has 1 saturated carbocycles. The second kappa shape index (κ2) is 12.3. The molecule has 0 saturated heterocycles. The minimum absolute atomic E-state index is 0.0249. The highest BCUT2D eigenvalue weighted by molar-refractivity contribution is 5.78. The molecule has 1 aliphatic rings. The zero-order valence-electron chi connectivity index (χ0n) is 20.8. The van der Waals surface area contributed by atoms with Crippen LogP contribution >= 0.6 is 0 Å². The van der Waals surface area contributed by atoms with Crippen molar-refractivity contribution >= 4 is 23.8 Å². The van der Waals surface area contributed by atoms with Gasteiger partial charge in [0.2, 0.25) is 23.8 Å². The van der Waals surface area contributed by atoms with E-state index in [-0.39, 0.29) is 29.7 Å². The van der Waals surface area contributed by atoms with E-state index in [9.17, 15) is 9.18 Å². The quantitative estimate of drug-likeness (QED) is 0.320. The van der Waals surface area contributed by atoms with Crippen LogP contribution in [0.1, 0.15) is 56.2 Å². The topological polar surface area (TPSA) is 104 Å². The molecule has 0 spiro atoms. The van der Waals surface area contributed by atoms with Crippen LogP contribution in [-0.4, -0.2) is 33.9 Å². The molecule has 2 aromatic carbocycles. The van der Waals surface area contributed by atoms with Crippen molar-refractivity contribution in [1.29, 1.82) is 0 Å². The van der Waals surface area contributed by atoms with Crippen molar-refractivity contribution in [3.8, 4) is 0 Å². The van der Waals surface area contributed by atoms with Gasteiger partial charge in [-0.2, -0.15) is 15.0 Å². The van der Waals surface area contributed by atoms with Crippen molar-refractivity contribution in [3.05, 3.63) is 71.5 Å². The summed E-state index contributed by atoms with van der Waals surface area (Å²) in [4.78, 5) is 26.2. The Bertz CT molecular complexity index is 1120. The summed E-state index contributed by atoms with van der Waals surface area (Å²) in [5.74, 6) is 1.27. The molecule has 4 rings (SSSR count). The number of carbonyl (C=O) groups is 1. The number of amides is 1. The molecule has 1 amide bonds. The summed E-state index contributed by atoms with van der Waals surface area (Å²) in [5, 5.41) is 12.9. The summed E-state index contributed by atoms with van der Waals surface area (Å²) in [6, 6.07) is 16.7. The van der Waals surface area contributed by atoms with Crippen LogP contribution in [0.5, 0.6) is 0 Å². The fraction of sp³-hybridized carbons (Fsp3) is 0.407. The lowest BCUT2D eigenvalue weighted by Crippen LogP contribution is -2.36. The molecule has 1 heterocycles. The van der Waals surface area contributed by atoms with E-state index >= 15 is 0 Å². The first-order valence-electron chi connectivity index (χ1n) is 12.6. The monoisotopic (exact) mass is 491 g/mol. The second-order valence-corrected chi connectivity index (χ2v) is 9.11. The zero-order valence-corrected chi connectivity index (χ0v) is 20.8. The molecular formula is C27H34FN7O. The van der Waals surface area contributed by atoms with E-state index in [4.69, 9.17) is 0 Å². The van der Waals surface area contributed by atoms with E-state index in [1.54, 1.807) is 19.2 Å². The largest absolute Gasteiger partial charge is 0.357 e. The van der Waals surface area contributed by atoms with Gasteiger partial charge in [0, 0.05) is 25.6 Å². The maximum absolute atomic E-state index is 13.1. The van der Waals surface area contributed by atoms with Gasteiger partial charge in [0.15, 0.2) is 0 Å². The van der Waals surface area contributed by atoms with E-state index in [2.05, 4.69) is 55.3 Å². The van der Waals surface area contributed by atoms with E-state index in [0.717, 1.165) is 37.7 Å². The van der Waals surface area contributed by atoms with Gasteiger partial charge in [-0.3, -0.25) is 4.79 Å². The lowest BCUT2D eigenvalue weighted by atomic mass is 9.85. The molecule has 190 valence electrons. The Hall–Kier alpha value is -3.75. The molecule has 1 atom stereocenters. The molecule has 3 aromatic rings. The molecule has 8 nitrogen and oxygen atoms in total. The molecule has 0 bridgehead atoms. The number of benzene rings is 2. The van der Waals surface area contributed by atoms with Crippen molar-refractivity contribution in [3.63, 3.8) is 0 Å². The third-order valence-corrected chi connectivity index (χ3v) is 6.58. The Morgan fingerprint density at radius 3 is 2.28 bits per heavy atom. The zero-order chi connectivity index (χ0) is 25.3. The van der Waals surface area contributed by atoms with Crippen LogP contribution in [0.4, 0.5) is 22.2 Å². The van der Waals surface area contributed by atoms with Gasteiger partial charge < -0.3 is 21.3 Å². The summed E-state index contributed by atoms with van der Waals surface area (Å²) in [5.41, 5.74) is 2.06. The van der Waals surface area contributed by atoms with Gasteiger partial charge in [-0.25, -0.2) is 4.39 Å². The molecule has 0 aliphatic heterocycles. The van der Waals surface area contributed by atoms with Crippen LogP contribution in [0.3, 0.4) is 0 Å². The van der Waals surface area contributed by atoms with Crippen LogP contribution in [0.2, 0.25) is 0 Å². The van der Waals surface area contributed by atoms with Crippen molar-refractivity contribution in [2.45, 2.75) is 57.7 Å². The van der Waals surface area contributed by atoms with E-state index in [1.807, 2.05) is 18.2 Å². The Kier molecular flexibility index (Phi) is 8.65. The molecule has 4 N–H and O–H groups in total. The van der Waals surface area contributed by atoms with Crippen LogP contribution in [0.15, 0.2) is 54.6 Å². The smallest absolute Gasteiger partial charge is 0.229 e. The van der Waals surface area contributed by atoms with Crippen LogP contribution in [0.25, 0.3) is 0 Å². The molecule has 36 heavy (non-hydrogen) atoms. The van der Waals surface area contributed by atoms with Crippen LogP contribution < -0.4 is 21.3 Å². The van der Waals surface area contributed by atoms with Gasteiger partial charge in [-0.1, -0.05) is 49.4 Å². The number of nitrogens with one attached hydrogen (secondary N) is 4. The van der Waals surface area contributed by atoms with Crippen LogP contribution in [-0.2, 0) is 11.3 Å². The molecule has 1 aromatic heterocycles. The number of halogens is 1. The number of rotatable bonds is 10. The van der Waals surface area contributed by atoms with Crippen molar-refractivity contribution in [2.75, 3.05) is 23.0 Å². The van der Waals surface area contributed by atoms with E-state index in [0.29, 0.717) is 24.4 Å². The first-order valence-corrected chi connectivity index (χ1v) is 12.6. The second-order valence-electron chi connectivity index (χ2n) is 9.11. The third kappa shape index (κ3) is 6.90. The minimum Gasteiger partial charge on any atom is -0.357 e. The molecular weight excluding hydrogens is 457 g/mol. The highest BCUT2D eigenvalue weighted by atomic mass is 19.1. The molecule has 1 aliphatic carbocycles. The van der Waals surface area contributed by atoms with Crippen LogP contribution in [0, 0.1) is 11.7 Å². The highest BCUT2D eigenvalue weighted by Gasteiger charge is 2.27. The predicted octanol–water partition coefficient (Wildman–Crippen LogP) is 4.90. The first kappa shape index (κ1) is 25.3. The minimum atomic E-state index is -0.278. The number of aromatic nitrogens is 3. The average Bonchev–Trinajstić information content (AvgIpc) is 2.92. The maximum Gasteiger partial charge on any atom is 0.229 e. The van der Waals surface area contributed by atoms with Gasteiger partial charge in [-0.05, 0) is 55.4 Å². The first-order chi connectivity index (χ1) is 17.5. The Balaban J connectivity index is 1.31. The van der Waals surface area contributed by atoms with Crippen molar-refractivity contribution in [2.24, 2.45) is 5.92 Å². The summed E-state index contributed by atoms with van der Waals surface area (Å²) >= 11 is 0. The Morgan fingerprint density at radius 1 is 0.944 bits per heavy atom. The van der Waals surface area contributed by atoms with Gasteiger partial charge in [0.1, 0.15) is 5.82 Å². The molecule has 9 heteroatoms. The normalized spacial score (nSPS) is 18.2. The van der Waals surface area contributed by atoms with Gasteiger partial charge in [-0.15, -0.1) is 0 Å². The van der Waals surface area contributed by atoms with Crippen molar-refractivity contribution in [1.82, 2.24) is 20.3 Å². The fourth-order valence-corrected chi connectivity index (χ4v) is 4.50. The lowest BCUT2D eigenvalue weighted by Gasteiger charge is -2.28. The predicted molar refractivity (Wildman–Crippen MR) is 140 cm³/mol. The van der Waals surface area contributed by atoms with Gasteiger partial charge >= 0.3 is 0 Å². The standard InChI is InChI=1S/C27H34FN7O/c1-3-23(19-7-5-4-6-8-19)32-27-34-25(29-2)33-26(35-27)31-22-15-11-20(12-16-22)24(36)30-17-18-9-13-21(28)14-10-18/h4-10,13-14,20,22-23H,3,11-12,15-17H2,1-2H3,(H,30,36)(H3,29,31,32,33,34,35)/t20-,22-,23-/m1/s1. The summed E-state index contributed by atoms with van der Waals surface area (Å²) in [6.45, 7) is 2.53. The summed E-state index contributed by atoms with van der Waals surface area (Å²) in [6.07, 6.45) is 4.15. The Labute approximate surface area is 211 Å². The van der Waals surface area contributed by atoms with E-state index in [1.165, 1.54) is 17.7 Å². The fourth-order valence-electron chi connectivity index (χ4n) is 4.50. The summed E-state index contributed by atoms with van der Waals surface area (Å²) in [7, 11) is 1.78. The van der Waals surface area contributed by atoms with Crippen molar-refractivity contribution < 1.29 is 9.18 Å².